The minimum absolute atomic E-state index is 0.0544. The highest BCUT2D eigenvalue weighted by molar-refractivity contribution is 6.18. The molecule has 1 heterocycles. The van der Waals surface area contributed by atoms with Gasteiger partial charge in [-0.15, -0.1) is 28.3 Å². The standard InChI is InChI=1S/C46H65Cl2N5O12/c47-22-6-1-3-9-27-61-31-33-63-29-25-50-43(57)36-14-12-35(13-15-36)42(56)49-24-8-5-11-39(46(60)65-53-40(54)20-21-41(53)55)52-45(59)38-18-16-37(17-19-38)44(58)51-26-30-64-34-32-62-28-10-4-2-7-23-48/h12-19,39H,1-11,20-34H2,(H,49,56)(H,50,57)(H,51,58)(H,52,59)/t39-/m0/s1. The van der Waals surface area contributed by atoms with Crippen LogP contribution in [0.15, 0.2) is 48.5 Å². The summed E-state index contributed by atoms with van der Waals surface area (Å²) in [5, 5.41) is 11.4. The Kier molecular flexibility index (Phi) is 28.4. The van der Waals surface area contributed by atoms with E-state index in [-0.39, 0.29) is 55.6 Å². The third kappa shape index (κ3) is 22.9. The molecule has 6 amide bonds. The van der Waals surface area contributed by atoms with E-state index in [0.29, 0.717) is 106 Å². The lowest BCUT2D eigenvalue weighted by Gasteiger charge is -2.20. The van der Waals surface area contributed by atoms with E-state index in [0.717, 1.165) is 51.4 Å². The molecule has 2 aromatic rings. The lowest BCUT2D eigenvalue weighted by molar-refractivity contribution is -0.199. The van der Waals surface area contributed by atoms with E-state index in [9.17, 15) is 33.6 Å². The highest BCUT2D eigenvalue weighted by Gasteiger charge is 2.35. The predicted octanol–water partition coefficient (Wildman–Crippen LogP) is 5.12. The summed E-state index contributed by atoms with van der Waals surface area (Å²) in [6.07, 6.45) is 8.93. The molecule has 0 spiro atoms. The molecule has 19 heteroatoms. The van der Waals surface area contributed by atoms with Crippen LogP contribution in [0.25, 0.3) is 0 Å². The molecule has 0 aromatic heterocycles. The summed E-state index contributed by atoms with van der Waals surface area (Å²) in [5.74, 6) is -2.66. The summed E-state index contributed by atoms with van der Waals surface area (Å²) in [5.41, 5.74) is 1.18. The van der Waals surface area contributed by atoms with Crippen LogP contribution in [0.2, 0.25) is 0 Å². The molecule has 1 saturated heterocycles. The van der Waals surface area contributed by atoms with Gasteiger partial charge in [-0.3, -0.25) is 28.8 Å². The van der Waals surface area contributed by atoms with Crippen LogP contribution in [-0.2, 0) is 38.2 Å². The zero-order valence-electron chi connectivity index (χ0n) is 37.2. The van der Waals surface area contributed by atoms with Crippen molar-refractivity contribution < 1.29 is 57.3 Å². The van der Waals surface area contributed by atoms with Crippen molar-refractivity contribution in [1.82, 2.24) is 26.3 Å². The summed E-state index contributed by atoms with van der Waals surface area (Å²) >= 11 is 11.4. The van der Waals surface area contributed by atoms with E-state index in [1.807, 2.05) is 0 Å². The summed E-state index contributed by atoms with van der Waals surface area (Å²) in [7, 11) is 0. The average Bonchev–Trinajstić information content (AvgIpc) is 3.63. The molecular formula is C46H65Cl2N5O12. The first kappa shape index (κ1) is 54.7. The Labute approximate surface area is 391 Å². The van der Waals surface area contributed by atoms with Crippen molar-refractivity contribution in [3.05, 3.63) is 70.8 Å². The fourth-order valence-corrected chi connectivity index (χ4v) is 6.63. The number of ether oxygens (including phenoxy) is 4. The molecule has 65 heavy (non-hydrogen) atoms. The van der Waals surface area contributed by atoms with Crippen LogP contribution in [0.4, 0.5) is 0 Å². The number of nitrogens with zero attached hydrogens (tertiary/aromatic N) is 1. The smallest absolute Gasteiger partial charge is 0.355 e. The number of carbonyl (C=O) groups is 7. The Bertz CT molecular complexity index is 1740. The van der Waals surface area contributed by atoms with E-state index in [4.69, 9.17) is 47.0 Å². The minimum Gasteiger partial charge on any atom is -0.379 e. The number of hydrogen-bond donors (Lipinski definition) is 4. The Morgan fingerprint density at radius 1 is 0.477 bits per heavy atom. The quantitative estimate of drug-likeness (QED) is 0.0398. The van der Waals surface area contributed by atoms with Gasteiger partial charge in [0, 0.05) is 79.7 Å². The van der Waals surface area contributed by atoms with Gasteiger partial charge in [0.1, 0.15) is 6.04 Å². The van der Waals surface area contributed by atoms with Gasteiger partial charge in [-0.05, 0) is 93.5 Å². The van der Waals surface area contributed by atoms with Gasteiger partial charge in [-0.2, -0.15) is 0 Å². The molecule has 0 radical (unpaired) electrons. The number of carbonyl (C=O) groups excluding carboxylic acids is 7. The van der Waals surface area contributed by atoms with Crippen LogP contribution >= 0.6 is 23.2 Å². The first-order valence-electron chi connectivity index (χ1n) is 22.5. The molecule has 17 nitrogen and oxygen atoms in total. The fourth-order valence-electron chi connectivity index (χ4n) is 6.25. The van der Waals surface area contributed by atoms with Crippen molar-refractivity contribution >= 4 is 64.6 Å². The van der Waals surface area contributed by atoms with Crippen LogP contribution in [0.5, 0.6) is 0 Å². The SMILES string of the molecule is O=C(NCCCC[C@H](NC(=O)c1ccc(C(=O)NCCOCCOCCCCCCCl)cc1)C(=O)ON1C(=O)CCC1=O)c1ccc(C(=O)NCCOCCOCCCCCCCl)cc1. The van der Waals surface area contributed by atoms with Crippen molar-refractivity contribution in [2.75, 3.05) is 84.2 Å². The summed E-state index contributed by atoms with van der Waals surface area (Å²) < 4.78 is 22.1. The van der Waals surface area contributed by atoms with Gasteiger partial charge in [-0.25, -0.2) is 4.79 Å². The molecule has 0 bridgehead atoms. The second-order valence-electron chi connectivity index (χ2n) is 15.1. The van der Waals surface area contributed by atoms with Crippen molar-refractivity contribution in [2.45, 2.75) is 89.5 Å². The number of amides is 6. The maximum atomic E-state index is 13.3. The van der Waals surface area contributed by atoms with E-state index < -0.39 is 29.7 Å². The average molecular weight is 951 g/mol. The second-order valence-corrected chi connectivity index (χ2v) is 15.8. The van der Waals surface area contributed by atoms with Gasteiger partial charge in [-0.1, -0.05) is 25.7 Å². The summed E-state index contributed by atoms with van der Waals surface area (Å²) in [6.45, 7) is 4.57. The monoisotopic (exact) mass is 949 g/mol. The molecule has 0 unspecified atom stereocenters. The van der Waals surface area contributed by atoms with Crippen LogP contribution in [0.1, 0.15) is 125 Å². The van der Waals surface area contributed by atoms with Crippen LogP contribution in [-0.4, -0.2) is 137 Å². The Hall–Kier alpha value is -4.65. The molecule has 0 saturated carbocycles. The third-order valence-corrected chi connectivity index (χ3v) is 10.5. The van der Waals surface area contributed by atoms with E-state index in [1.165, 1.54) is 36.4 Å². The van der Waals surface area contributed by atoms with Gasteiger partial charge in [0.15, 0.2) is 0 Å². The highest BCUT2D eigenvalue weighted by atomic mass is 35.5. The number of unbranched alkanes of at least 4 members (excludes halogenated alkanes) is 7. The van der Waals surface area contributed by atoms with E-state index >= 15 is 0 Å². The largest absolute Gasteiger partial charge is 0.379 e. The maximum Gasteiger partial charge on any atom is 0.355 e. The van der Waals surface area contributed by atoms with Crippen LogP contribution in [0.3, 0.4) is 0 Å². The molecule has 3 rings (SSSR count). The molecule has 1 aliphatic rings. The topological polar surface area (TPSA) is 217 Å². The third-order valence-electron chi connectivity index (χ3n) is 9.95. The molecule has 360 valence electrons. The Morgan fingerprint density at radius 2 is 0.862 bits per heavy atom. The predicted molar refractivity (Wildman–Crippen MR) is 244 cm³/mol. The number of hydrogen-bond acceptors (Lipinski definition) is 12. The van der Waals surface area contributed by atoms with Crippen molar-refractivity contribution in [2.24, 2.45) is 0 Å². The normalized spacial score (nSPS) is 12.8. The zero-order valence-corrected chi connectivity index (χ0v) is 38.7. The highest BCUT2D eigenvalue weighted by Crippen LogP contribution is 2.15. The summed E-state index contributed by atoms with van der Waals surface area (Å²) in [6, 6.07) is 10.7. The number of alkyl halides is 2. The number of hydroxylamine groups is 2. The molecular weight excluding hydrogens is 885 g/mol. The van der Waals surface area contributed by atoms with Gasteiger partial charge in [0.25, 0.3) is 35.4 Å². The van der Waals surface area contributed by atoms with Gasteiger partial charge in [0.05, 0.1) is 39.6 Å². The van der Waals surface area contributed by atoms with Crippen molar-refractivity contribution in [3.63, 3.8) is 0 Å². The number of nitrogens with one attached hydrogen (secondary N) is 4. The Morgan fingerprint density at radius 3 is 1.29 bits per heavy atom. The van der Waals surface area contributed by atoms with E-state index in [2.05, 4.69) is 21.3 Å². The first-order valence-corrected chi connectivity index (χ1v) is 23.6. The fraction of sp³-hybridized carbons (Fsp3) is 0.587. The lowest BCUT2D eigenvalue weighted by Crippen LogP contribution is -2.45. The second kappa shape index (κ2) is 33.8. The lowest BCUT2D eigenvalue weighted by atomic mass is 10.1. The van der Waals surface area contributed by atoms with Gasteiger partial charge in [0.2, 0.25) is 0 Å². The molecule has 4 N–H and O–H groups in total. The number of rotatable bonds is 36. The first-order chi connectivity index (χ1) is 31.6. The van der Waals surface area contributed by atoms with Crippen LogP contribution in [0, 0.1) is 0 Å². The van der Waals surface area contributed by atoms with Gasteiger partial charge < -0.3 is 45.1 Å². The molecule has 0 aliphatic carbocycles. The summed E-state index contributed by atoms with van der Waals surface area (Å²) in [4.78, 5) is 93.8. The number of imide groups is 1. The van der Waals surface area contributed by atoms with Crippen molar-refractivity contribution in [3.8, 4) is 0 Å². The number of halogens is 2. The molecule has 1 atom stereocenters. The maximum absolute atomic E-state index is 13.3. The van der Waals surface area contributed by atoms with E-state index in [1.54, 1.807) is 12.1 Å². The molecule has 1 aliphatic heterocycles. The van der Waals surface area contributed by atoms with Gasteiger partial charge >= 0.3 is 5.97 Å². The Balaban J connectivity index is 1.38. The molecule has 1 fully saturated rings. The van der Waals surface area contributed by atoms with Crippen molar-refractivity contribution in [1.29, 1.82) is 0 Å². The number of benzene rings is 2. The zero-order chi connectivity index (χ0) is 46.9. The molecule has 2 aromatic carbocycles. The minimum atomic E-state index is -1.25. The van der Waals surface area contributed by atoms with Crippen LogP contribution < -0.4 is 21.3 Å².